The van der Waals surface area contributed by atoms with Gasteiger partial charge in [0, 0.05) is 0 Å². The minimum Gasteiger partial charge on any atom is -0.0882 e. The van der Waals surface area contributed by atoms with E-state index in [1.807, 2.05) is 0 Å². The van der Waals surface area contributed by atoms with Gasteiger partial charge in [0.25, 0.3) is 0 Å². The molecule has 0 fully saturated rings. The lowest BCUT2D eigenvalue weighted by atomic mass is 10.3. The molecule has 2 aromatic carbocycles. The molecule has 0 N–H and O–H groups in total. The second kappa shape index (κ2) is 6.36. The average molecular weight is 252 g/mol. The van der Waals surface area contributed by atoms with E-state index in [9.17, 15) is 0 Å². The predicted molar refractivity (Wildman–Crippen MR) is 83.5 cm³/mol. The van der Waals surface area contributed by atoms with E-state index in [4.69, 9.17) is 0 Å². The Hall–Kier alpha value is -1.60. The molecule has 1 heteroatoms. The highest BCUT2D eigenvalue weighted by Gasteiger charge is 2.13. The molecule has 0 atom stereocenters. The molecule has 0 saturated heterocycles. The van der Waals surface area contributed by atoms with Crippen LogP contribution < -0.4 is 10.4 Å². The zero-order chi connectivity index (χ0) is 12.8. The molecule has 0 radical (unpaired) electrons. The molecule has 0 unspecified atom stereocenters. The van der Waals surface area contributed by atoms with E-state index in [1.54, 1.807) is 0 Å². The van der Waals surface area contributed by atoms with Crippen LogP contribution in [0.3, 0.4) is 0 Å². The van der Waals surface area contributed by atoms with Crippen LogP contribution in [0.4, 0.5) is 0 Å². The average Bonchev–Trinajstić information content (AvgIpc) is 2.41. The van der Waals surface area contributed by atoms with Crippen LogP contribution in [-0.4, -0.2) is 8.80 Å². The van der Waals surface area contributed by atoms with Crippen molar-refractivity contribution in [3.63, 3.8) is 0 Å². The normalized spacial score (nSPS) is 10.4. The van der Waals surface area contributed by atoms with E-state index in [1.165, 1.54) is 22.0 Å². The molecule has 2 aromatic rings. The van der Waals surface area contributed by atoms with Crippen LogP contribution in [0.2, 0.25) is 6.04 Å². The highest BCUT2D eigenvalue weighted by atomic mass is 28.3. The smallest absolute Gasteiger partial charge is 0.0882 e. The van der Waals surface area contributed by atoms with Crippen LogP contribution in [0.15, 0.2) is 72.3 Å². The van der Waals surface area contributed by atoms with Gasteiger partial charge in [0.2, 0.25) is 0 Å². The van der Waals surface area contributed by atoms with Gasteiger partial charge >= 0.3 is 0 Å². The Morgan fingerprint density at radius 2 is 1.28 bits per heavy atom. The summed E-state index contributed by atoms with van der Waals surface area (Å²) in [7, 11) is -1.08. The molecule has 0 aliphatic heterocycles. The SMILES string of the molecule is CC(C)=CC[SiH](c1ccccc1)c1ccccc1. The summed E-state index contributed by atoms with van der Waals surface area (Å²) in [5.41, 5.74) is 1.42. The van der Waals surface area contributed by atoms with Gasteiger partial charge in [-0.3, -0.25) is 0 Å². The van der Waals surface area contributed by atoms with E-state index < -0.39 is 8.80 Å². The van der Waals surface area contributed by atoms with Gasteiger partial charge in [-0.05, 0) is 19.9 Å². The molecular formula is C17H20Si. The zero-order valence-electron chi connectivity index (χ0n) is 11.1. The zero-order valence-corrected chi connectivity index (χ0v) is 12.3. The van der Waals surface area contributed by atoms with Gasteiger partial charge in [0.05, 0.1) is 0 Å². The standard InChI is InChI=1S/C17H20Si/c1-15(2)13-14-18(16-9-5-3-6-10-16)17-11-7-4-8-12-17/h3-13,18H,14H2,1-2H3. The van der Waals surface area contributed by atoms with Crippen LogP contribution >= 0.6 is 0 Å². The first-order valence-corrected chi connectivity index (χ1v) is 8.48. The fourth-order valence-electron chi connectivity index (χ4n) is 2.19. The molecule has 2 rings (SSSR count). The molecule has 0 saturated carbocycles. The summed E-state index contributed by atoms with van der Waals surface area (Å²) in [5.74, 6) is 0. The molecule has 0 aliphatic carbocycles. The van der Waals surface area contributed by atoms with E-state index in [-0.39, 0.29) is 0 Å². The lowest BCUT2D eigenvalue weighted by Gasteiger charge is -2.14. The Morgan fingerprint density at radius 1 is 0.833 bits per heavy atom. The minimum atomic E-state index is -1.08. The van der Waals surface area contributed by atoms with Crippen molar-refractivity contribution in [2.75, 3.05) is 0 Å². The molecule has 92 valence electrons. The third-order valence-electron chi connectivity index (χ3n) is 3.17. The van der Waals surface area contributed by atoms with Gasteiger partial charge in [-0.1, -0.05) is 82.7 Å². The third-order valence-corrected chi connectivity index (χ3v) is 6.25. The first kappa shape index (κ1) is 12.8. The molecule has 0 heterocycles. The van der Waals surface area contributed by atoms with Crippen LogP contribution in [0, 0.1) is 0 Å². The van der Waals surface area contributed by atoms with Gasteiger partial charge in [-0.2, -0.15) is 0 Å². The number of hydrogen-bond acceptors (Lipinski definition) is 0. The molecule has 0 aromatic heterocycles. The van der Waals surface area contributed by atoms with Gasteiger partial charge in [0.1, 0.15) is 8.80 Å². The highest BCUT2D eigenvalue weighted by molar-refractivity contribution is 6.85. The van der Waals surface area contributed by atoms with Crippen LogP contribution in [0.25, 0.3) is 0 Å². The van der Waals surface area contributed by atoms with Crippen molar-refractivity contribution in [2.45, 2.75) is 19.9 Å². The van der Waals surface area contributed by atoms with Crippen molar-refractivity contribution in [2.24, 2.45) is 0 Å². The Morgan fingerprint density at radius 3 is 1.67 bits per heavy atom. The van der Waals surface area contributed by atoms with E-state index >= 15 is 0 Å². The van der Waals surface area contributed by atoms with Gasteiger partial charge < -0.3 is 0 Å². The lowest BCUT2D eigenvalue weighted by molar-refractivity contribution is 1.35. The maximum atomic E-state index is 2.39. The number of rotatable bonds is 4. The van der Waals surface area contributed by atoms with Crippen molar-refractivity contribution in [3.05, 3.63) is 72.3 Å². The number of allylic oxidation sites excluding steroid dienone is 2. The molecule has 0 amide bonds. The topological polar surface area (TPSA) is 0 Å². The Labute approximate surface area is 112 Å². The van der Waals surface area contributed by atoms with Crippen LogP contribution in [0.5, 0.6) is 0 Å². The number of benzene rings is 2. The minimum absolute atomic E-state index is 1.08. The first-order valence-electron chi connectivity index (χ1n) is 6.50. The predicted octanol–water partition coefficient (Wildman–Crippen LogP) is 2.99. The maximum absolute atomic E-state index is 2.39. The molecule has 18 heavy (non-hydrogen) atoms. The molecular weight excluding hydrogens is 232 g/mol. The monoisotopic (exact) mass is 252 g/mol. The van der Waals surface area contributed by atoms with Gasteiger partial charge in [-0.15, -0.1) is 0 Å². The van der Waals surface area contributed by atoms with Crippen molar-refractivity contribution in [3.8, 4) is 0 Å². The van der Waals surface area contributed by atoms with Crippen LogP contribution in [-0.2, 0) is 0 Å². The first-order chi connectivity index (χ1) is 8.77. The van der Waals surface area contributed by atoms with Gasteiger partial charge in [-0.25, -0.2) is 0 Å². The van der Waals surface area contributed by atoms with Crippen molar-refractivity contribution in [1.82, 2.24) is 0 Å². The van der Waals surface area contributed by atoms with Crippen molar-refractivity contribution >= 4 is 19.2 Å². The maximum Gasteiger partial charge on any atom is 0.106 e. The molecule has 0 bridgehead atoms. The second-order valence-corrected chi connectivity index (χ2v) is 7.80. The van der Waals surface area contributed by atoms with Crippen molar-refractivity contribution in [1.29, 1.82) is 0 Å². The Balaban J connectivity index is 2.32. The van der Waals surface area contributed by atoms with E-state index in [2.05, 4.69) is 80.6 Å². The summed E-state index contributed by atoms with van der Waals surface area (Å²) in [4.78, 5) is 0. The third kappa shape index (κ3) is 3.44. The van der Waals surface area contributed by atoms with Crippen molar-refractivity contribution < 1.29 is 0 Å². The fraction of sp³-hybridized carbons (Fsp3) is 0.176. The fourth-order valence-corrected chi connectivity index (χ4v) is 5.20. The molecule has 0 aliphatic rings. The summed E-state index contributed by atoms with van der Waals surface area (Å²) < 4.78 is 0. The second-order valence-electron chi connectivity index (χ2n) is 4.89. The molecule has 0 nitrogen and oxygen atoms in total. The highest BCUT2D eigenvalue weighted by Crippen LogP contribution is 2.02. The Bertz CT molecular complexity index is 456. The largest absolute Gasteiger partial charge is 0.106 e. The summed E-state index contributed by atoms with van der Waals surface area (Å²) in [6.45, 7) is 4.36. The summed E-state index contributed by atoms with van der Waals surface area (Å²) in [5, 5.41) is 3.06. The summed E-state index contributed by atoms with van der Waals surface area (Å²) >= 11 is 0. The molecule has 0 spiro atoms. The van der Waals surface area contributed by atoms with Crippen LogP contribution in [0.1, 0.15) is 13.8 Å². The van der Waals surface area contributed by atoms with Gasteiger partial charge in [0.15, 0.2) is 0 Å². The van der Waals surface area contributed by atoms with E-state index in [0.29, 0.717) is 0 Å². The van der Waals surface area contributed by atoms with E-state index in [0.717, 1.165) is 0 Å². The Kier molecular flexibility index (Phi) is 4.54. The summed E-state index contributed by atoms with van der Waals surface area (Å²) in [6.07, 6.45) is 2.39. The lowest BCUT2D eigenvalue weighted by Crippen LogP contribution is -2.41. The number of hydrogen-bond donors (Lipinski definition) is 0. The quantitative estimate of drug-likeness (QED) is 0.580. The summed E-state index contributed by atoms with van der Waals surface area (Å²) in [6, 6.07) is 23.1.